The molecule has 1 aliphatic rings. The number of carbonyl (C=O) groups is 2. The minimum Gasteiger partial charge on any atom is -0.488 e. The number of hydrogen-bond acceptors (Lipinski definition) is 5. The summed E-state index contributed by atoms with van der Waals surface area (Å²) in [5, 5.41) is 9.84. The second-order valence-electron chi connectivity index (χ2n) is 7.52. The highest BCUT2D eigenvalue weighted by molar-refractivity contribution is 8.26. The number of thioether (sulfide) groups is 1. The molecule has 0 saturated carbocycles. The van der Waals surface area contributed by atoms with Crippen LogP contribution in [0.5, 0.6) is 5.75 Å². The van der Waals surface area contributed by atoms with Crippen molar-refractivity contribution in [3.63, 3.8) is 0 Å². The van der Waals surface area contributed by atoms with E-state index in [-0.39, 0.29) is 4.32 Å². The summed E-state index contributed by atoms with van der Waals surface area (Å²) in [6, 6.07) is 22.9. The van der Waals surface area contributed by atoms with Gasteiger partial charge in [-0.1, -0.05) is 102 Å². The molecule has 1 amide bonds. The van der Waals surface area contributed by atoms with Gasteiger partial charge >= 0.3 is 5.97 Å². The summed E-state index contributed by atoms with van der Waals surface area (Å²) in [4.78, 5) is 26.8. The molecular formula is C26H21NO4S2. The molecule has 166 valence electrons. The number of ether oxygens (including phenoxy) is 1. The monoisotopic (exact) mass is 475 g/mol. The van der Waals surface area contributed by atoms with Gasteiger partial charge in [-0.2, -0.15) is 0 Å². The van der Waals surface area contributed by atoms with Crippen molar-refractivity contribution in [1.29, 1.82) is 0 Å². The van der Waals surface area contributed by atoms with E-state index in [9.17, 15) is 14.7 Å². The van der Waals surface area contributed by atoms with Crippen LogP contribution >= 0.6 is 24.0 Å². The highest BCUT2D eigenvalue weighted by Crippen LogP contribution is 2.39. The molecule has 3 aromatic carbocycles. The Bertz CT molecular complexity index is 1220. The number of rotatable bonds is 7. The molecule has 4 rings (SSSR count). The standard InChI is InChI=1S/C26H21NO4S2/c1-17-11-13-18(14-12-17)16-31-21-10-6-5-9-20(21)15-22-24(28)27(26(32)33-22)23(25(29)30)19-7-3-2-4-8-19/h2-15,23H,16H2,1H3,(H,29,30)/b22-15-. The largest absolute Gasteiger partial charge is 0.488 e. The maximum Gasteiger partial charge on any atom is 0.331 e. The molecule has 1 unspecified atom stereocenters. The summed E-state index contributed by atoms with van der Waals surface area (Å²) in [6.45, 7) is 2.42. The lowest BCUT2D eigenvalue weighted by atomic mass is 10.1. The Morgan fingerprint density at radius 3 is 2.42 bits per heavy atom. The molecule has 0 aliphatic carbocycles. The molecule has 33 heavy (non-hydrogen) atoms. The summed E-state index contributed by atoms with van der Waals surface area (Å²) in [5.74, 6) is -0.948. The second-order valence-corrected chi connectivity index (χ2v) is 9.19. The average molecular weight is 476 g/mol. The number of benzene rings is 3. The Balaban J connectivity index is 1.59. The first-order chi connectivity index (χ1) is 15.9. The number of carboxylic acid groups (broad SMARTS) is 1. The topological polar surface area (TPSA) is 66.8 Å². The molecule has 0 bridgehead atoms. The minimum atomic E-state index is -1.18. The first-order valence-corrected chi connectivity index (χ1v) is 11.5. The van der Waals surface area contributed by atoms with Gasteiger partial charge in [0.05, 0.1) is 4.91 Å². The SMILES string of the molecule is Cc1ccc(COc2ccccc2/C=C2\SC(=S)N(C(C(=O)O)c3ccccc3)C2=O)cc1. The summed E-state index contributed by atoms with van der Waals surface area (Å²) in [7, 11) is 0. The third-order valence-corrected chi connectivity index (χ3v) is 6.48. The number of aliphatic carboxylic acids is 1. The minimum absolute atomic E-state index is 0.209. The molecule has 1 heterocycles. The number of hydrogen-bond donors (Lipinski definition) is 1. The molecule has 1 atom stereocenters. The van der Waals surface area contributed by atoms with Crippen LogP contribution in [0.25, 0.3) is 6.08 Å². The van der Waals surface area contributed by atoms with Gasteiger partial charge in [-0.25, -0.2) is 4.79 Å². The number of para-hydroxylation sites is 1. The van der Waals surface area contributed by atoms with Crippen molar-refractivity contribution in [3.8, 4) is 5.75 Å². The highest BCUT2D eigenvalue weighted by atomic mass is 32.2. The number of amides is 1. The molecule has 7 heteroatoms. The predicted octanol–water partition coefficient (Wildman–Crippen LogP) is 5.60. The third-order valence-electron chi connectivity index (χ3n) is 5.15. The third kappa shape index (κ3) is 5.16. The first-order valence-electron chi connectivity index (χ1n) is 10.3. The Morgan fingerprint density at radius 1 is 1.06 bits per heavy atom. The van der Waals surface area contributed by atoms with Gasteiger partial charge in [-0.05, 0) is 30.2 Å². The molecule has 1 saturated heterocycles. The van der Waals surface area contributed by atoms with E-state index >= 15 is 0 Å². The van der Waals surface area contributed by atoms with Crippen molar-refractivity contribution in [1.82, 2.24) is 4.90 Å². The van der Waals surface area contributed by atoms with Crippen molar-refractivity contribution >= 4 is 46.3 Å². The van der Waals surface area contributed by atoms with Gasteiger partial charge in [0.1, 0.15) is 16.7 Å². The van der Waals surface area contributed by atoms with Crippen LogP contribution < -0.4 is 4.74 Å². The summed E-state index contributed by atoms with van der Waals surface area (Å²) in [5.41, 5.74) is 3.42. The molecule has 0 radical (unpaired) electrons. The normalized spacial score (nSPS) is 15.7. The lowest BCUT2D eigenvalue weighted by Crippen LogP contribution is -2.37. The zero-order valence-corrected chi connectivity index (χ0v) is 19.4. The maximum absolute atomic E-state index is 13.2. The number of nitrogens with zero attached hydrogens (tertiary/aromatic N) is 1. The molecule has 1 aliphatic heterocycles. The van der Waals surface area contributed by atoms with Crippen LogP contribution in [0.1, 0.15) is 28.3 Å². The van der Waals surface area contributed by atoms with Gasteiger partial charge in [0.25, 0.3) is 5.91 Å². The van der Waals surface area contributed by atoms with E-state index in [4.69, 9.17) is 17.0 Å². The fourth-order valence-corrected chi connectivity index (χ4v) is 4.76. The molecule has 3 aromatic rings. The van der Waals surface area contributed by atoms with Crippen LogP contribution in [0, 0.1) is 6.92 Å². The lowest BCUT2D eigenvalue weighted by Gasteiger charge is -2.23. The van der Waals surface area contributed by atoms with Gasteiger partial charge < -0.3 is 9.84 Å². The van der Waals surface area contributed by atoms with E-state index in [1.54, 1.807) is 36.4 Å². The molecule has 0 spiro atoms. The van der Waals surface area contributed by atoms with Crippen molar-refractivity contribution in [3.05, 3.63) is 106 Å². The molecule has 1 N–H and O–H groups in total. The van der Waals surface area contributed by atoms with Gasteiger partial charge in [-0.3, -0.25) is 9.69 Å². The number of aryl methyl sites for hydroxylation is 1. The number of carbonyl (C=O) groups excluding carboxylic acids is 1. The van der Waals surface area contributed by atoms with Gasteiger partial charge in [0, 0.05) is 5.56 Å². The first kappa shape index (κ1) is 22.8. The van der Waals surface area contributed by atoms with E-state index in [2.05, 4.69) is 0 Å². The Labute approximate surface area is 201 Å². The molecule has 5 nitrogen and oxygen atoms in total. The van der Waals surface area contributed by atoms with Crippen molar-refractivity contribution < 1.29 is 19.4 Å². The van der Waals surface area contributed by atoms with Crippen molar-refractivity contribution in [2.45, 2.75) is 19.6 Å². The lowest BCUT2D eigenvalue weighted by molar-refractivity contribution is -0.145. The summed E-state index contributed by atoms with van der Waals surface area (Å²) >= 11 is 6.49. The zero-order valence-electron chi connectivity index (χ0n) is 17.8. The Kier molecular flexibility index (Phi) is 6.91. The zero-order chi connectivity index (χ0) is 23.4. The van der Waals surface area contributed by atoms with Crippen LogP contribution in [0.2, 0.25) is 0 Å². The van der Waals surface area contributed by atoms with Gasteiger partial charge in [0.2, 0.25) is 0 Å². The second kappa shape index (κ2) is 10.0. The van der Waals surface area contributed by atoms with E-state index in [1.807, 2.05) is 55.5 Å². The predicted molar refractivity (Wildman–Crippen MR) is 134 cm³/mol. The van der Waals surface area contributed by atoms with Crippen LogP contribution in [-0.2, 0) is 16.2 Å². The smallest absolute Gasteiger partial charge is 0.331 e. The van der Waals surface area contributed by atoms with E-state index in [1.165, 1.54) is 10.5 Å². The maximum atomic E-state index is 13.2. The van der Waals surface area contributed by atoms with Gasteiger partial charge in [-0.15, -0.1) is 0 Å². The van der Waals surface area contributed by atoms with E-state index in [0.29, 0.717) is 22.8 Å². The Hall–Kier alpha value is -3.42. The van der Waals surface area contributed by atoms with Crippen LogP contribution in [0.3, 0.4) is 0 Å². The highest BCUT2D eigenvalue weighted by Gasteiger charge is 2.41. The van der Waals surface area contributed by atoms with Crippen LogP contribution in [0.4, 0.5) is 0 Å². The van der Waals surface area contributed by atoms with Gasteiger partial charge in [0.15, 0.2) is 6.04 Å². The fraction of sp³-hybridized carbons (Fsp3) is 0.115. The summed E-state index contributed by atoms with van der Waals surface area (Å²) < 4.78 is 6.22. The van der Waals surface area contributed by atoms with Crippen LogP contribution in [-0.4, -0.2) is 26.2 Å². The fourth-order valence-electron chi connectivity index (χ4n) is 3.46. The number of carboxylic acids is 1. The molecule has 0 aromatic heterocycles. The van der Waals surface area contributed by atoms with Crippen LogP contribution in [0.15, 0.2) is 83.8 Å². The van der Waals surface area contributed by atoms with Crippen molar-refractivity contribution in [2.75, 3.05) is 0 Å². The molecular weight excluding hydrogens is 454 g/mol. The number of thiocarbonyl (C=S) groups is 1. The summed E-state index contributed by atoms with van der Waals surface area (Å²) in [6.07, 6.45) is 1.70. The molecule has 1 fully saturated rings. The average Bonchev–Trinajstić information content (AvgIpc) is 3.08. The Morgan fingerprint density at radius 2 is 1.73 bits per heavy atom. The quantitative estimate of drug-likeness (QED) is 0.354. The van der Waals surface area contributed by atoms with E-state index in [0.717, 1.165) is 22.9 Å². The van der Waals surface area contributed by atoms with Crippen molar-refractivity contribution in [2.24, 2.45) is 0 Å². The van der Waals surface area contributed by atoms with E-state index < -0.39 is 17.9 Å².